The topological polar surface area (TPSA) is 6.48 Å². The van der Waals surface area contributed by atoms with Crippen molar-refractivity contribution in [2.24, 2.45) is 0 Å². The van der Waals surface area contributed by atoms with Crippen LogP contribution in [0.3, 0.4) is 0 Å². The average Bonchev–Trinajstić information content (AvgIpc) is 3.66. The molecule has 0 N–H and O–H groups in total. The van der Waals surface area contributed by atoms with Crippen LogP contribution in [0.25, 0.3) is 21.2 Å². The molecule has 6 aromatic carbocycles. The molecular weight excluding hydrogens is 864 g/mol. The number of nitrogens with zero attached hydrogens (tertiary/aromatic N) is 2. The summed E-state index contributed by atoms with van der Waals surface area (Å²) in [7, 11) is 0. The van der Waals surface area contributed by atoms with Crippen molar-refractivity contribution in [3.05, 3.63) is 148 Å². The van der Waals surface area contributed by atoms with E-state index in [1.165, 1.54) is 148 Å². The van der Waals surface area contributed by atoms with Gasteiger partial charge in [0.15, 0.2) is 0 Å². The number of benzene rings is 6. The molecule has 2 aliphatic heterocycles. The number of fused-ring (bicyclic) bond motifs is 6. The maximum atomic E-state index is 2.75. The molecule has 7 aromatic rings. The predicted molar refractivity (Wildman–Crippen MR) is 310 cm³/mol. The quantitative estimate of drug-likeness (QED) is 0.162. The molecule has 0 bridgehead atoms. The lowest BCUT2D eigenvalue weighted by Gasteiger charge is -2.45. The molecule has 3 aliphatic rings. The number of rotatable bonds is 4. The SMILES string of the molecule is Cc1cccc(C)c1N1c2cc(C(C)(C)C)cc3c2B(c2cc(C(C)(C)C)ccc2N3c2ccc(C(C)(C)C)cc2-c2cc(C(C)(C)C)cc(C(C)(C)C)c2)c2sc3ccc(C4CCCCC4)cc3c21. The Morgan fingerprint density at radius 3 is 1.57 bits per heavy atom. The van der Waals surface area contributed by atoms with Gasteiger partial charge in [-0.25, -0.2) is 0 Å². The van der Waals surface area contributed by atoms with Gasteiger partial charge < -0.3 is 9.80 Å². The highest BCUT2D eigenvalue weighted by Crippen LogP contribution is 2.53. The number of thiophene rings is 1. The van der Waals surface area contributed by atoms with Crippen molar-refractivity contribution in [1.29, 1.82) is 0 Å². The highest BCUT2D eigenvalue weighted by atomic mass is 32.1. The van der Waals surface area contributed by atoms with E-state index in [1.807, 2.05) is 11.3 Å². The van der Waals surface area contributed by atoms with Crippen molar-refractivity contribution in [1.82, 2.24) is 0 Å². The van der Waals surface area contributed by atoms with Crippen molar-refractivity contribution in [3.63, 3.8) is 0 Å². The molecule has 3 heterocycles. The number of hydrogen-bond donors (Lipinski definition) is 0. The van der Waals surface area contributed by atoms with E-state index in [2.05, 4.69) is 231 Å². The molecule has 1 aromatic heterocycles. The summed E-state index contributed by atoms with van der Waals surface area (Å²) in [5, 5.41) is 1.41. The summed E-state index contributed by atoms with van der Waals surface area (Å²) in [5.74, 6) is 0.623. The molecule has 1 aliphatic carbocycles. The van der Waals surface area contributed by atoms with E-state index in [0.29, 0.717) is 5.92 Å². The predicted octanol–water partition coefficient (Wildman–Crippen LogP) is 17.8. The third-order valence-electron chi connectivity index (χ3n) is 16.2. The monoisotopic (exact) mass is 943 g/mol. The van der Waals surface area contributed by atoms with Crippen LogP contribution in [-0.2, 0) is 27.1 Å². The standard InChI is InChI=1S/C66H79BN2S/c1-40-22-21-23-41(2)59(40)69-56-39-49(66(15,16)17)38-55-58(56)67(61-60(69)51-34-43(26-31-57(51)70-61)42-24-19-18-20-25-42)52-37-46(63(6,7)8)28-30-54(52)68(55)53-29-27-45(62(3,4)5)36-50(53)44-32-47(64(9,10)11)35-48(33-44)65(12,13)14/h21-23,26-39,42H,18-20,24-25H2,1-17H3. The second kappa shape index (κ2) is 16.8. The fourth-order valence-electron chi connectivity index (χ4n) is 11.8. The highest BCUT2D eigenvalue weighted by Gasteiger charge is 2.47. The van der Waals surface area contributed by atoms with Crippen LogP contribution in [0.4, 0.5) is 34.1 Å². The Morgan fingerprint density at radius 1 is 0.471 bits per heavy atom. The number of para-hydroxylation sites is 1. The second-order valence-corrected chi connectivity index (χ2v) is 27.8. The summed E-state index contributed by atoms with van der Waals surface area (Å²) in [5.41, 5.74) is 23.9. The van der Waals surface area contributed by atoms with E-state index in [-0.39, 0.29) is 33.8 Å². The molecule has 0 amide bonds. The Labute approximate surface area is 427 Å². The molecule has 2 nitrogen and oxygen atoms in total. The lowest BCUT2D eigenvalue weighted by atomic mass is 9.36. The summed E-state index contributed by atoms with van der Waals surface area (Å²) < 4.78 is 2.84. The van der Waals surface area contributed by atoms with Gasteiger partial charge >= 0.3 is 0 Å². The van der Waals surface area contributed by atoms with Crippen molar-refractivity contribution < 1.29 is 0 Å². The molecule has 1 saturated carbocycles. The maximum Gasteiger partial charge on any atom is 0.264 e. The zero-order valence-corrected chi connectivity index (χ0v) is 46.6. The van der Waals surface area contributed by atoms with Gasteiger partial charge in [-0.3, -0.25) is 0 Å². The minimum absolute atomic E-state index is 0.0253. The lowest BCUT2D eigenvalue weighted by molar-refractivity contribution is 0.444. The zero-order chi connectivity index (χ0) is 50.2. The normalized spacial score (nSPS) is 15.6. The summed E-state index contributed by atoms with van der Waals surface area (Å²) in [4.78, 5) is 5.45. The second-order valence-electron chi connectivity index (χ2n) is 26.7. The van der Waals surface area contributed by atoms with Crippen LogP contribution >= 0.6 is 11.3 Å². The fourth-order valence-corrected chi connectivity index (χ4v) is 13.1. The summed E-state index contributed by atoms with van der Waals surface area (Å²) in [6, 6.07) is 42.1. The van der Waals surface area contributed by atoms with Gasteiger partial charge in [-0.15, -0.1) is 11.3 Å². The average molecular weight is 943 g/mol. The van der Waals surface area contributed by atoms with Crippen molar-refractivity contribution >= 4 is 78.0 Å². The summed E-state index contributed by atoms with van der Waals surface area (Å²) in [6.45, 7) is 40.3. The largest absolute Gasteiger partial charge is 0.311 e. The van der Waals surface area contributed by atoms with Gasteiger partial charge in [-0.05, 0) is 163 Å². The van der Waals surface area contributed by atoms with Crippen LogP contribution in [0.2, 0.25) is 0 Å². The van der Waals surface area contributed by atoms with Crippen molar-refractivity contribution in [2.75, 3.05) is 9.80 Å². The molecule has 4 heteroatoms. The molecular formula is C66H79BN2S. The van der Waals surface area contributed by atoms with Gasteiger partial charge in [0.05, 0.1) is 17.1 Å². The highest BCUT2D eigenvalue weighted by molar-refractivity contribution is 7.33. The number of anilines is 6. The van der Waals surface area contributed by atoms with Gasteiger partial charge in [-0.1, -0.05) is 184 Å². The van der Waals surface area contributed by atoms with Crippen LogP contribution in [0.5, 0.6) is 0 Å². The van der Waals surface area contributed by atoms with Crippen LogP contribution in [0, 0.1) is 13.8 Å². The van der Waals surface area contributed by atoms with Gasteiger partial charge in [0.25, 0.3) is 6.71 Å². The Kier molecular flexibility index (Phi) is 11.6. The van der Waals surface area contributed by atoms with Gasteiger partial charge in [0, 0.05) is 37.5 Å². The van der Waals surface area contributed by atoms with Crippen LogP contribution in [0.1, 0.15) is 186 Å². The molecule has 0 radical (unpaired) electrons. The van der Waals surface area contributed by atoms with Gasteiger partial charge in [0.1, 0.15) is 0 Å². The van der Waals surface area contributed by atoms with Crippen LogP contribution < -0.4 is 25.5 Å². The van der Waals surface area contributed by atoms with Crippen LogP contribution in [0.15, 0.2) is 103 Å². The molecule has 0 atom stereocenters. The lowest BCUT2D eigenvalue weighted by Crippen LogP contribution is -2.60. The maximum absolute atomic E-state index is 2.75. The zero-order valence-electron chi connectivity index (χ0n) is 45.8. The Balaban J connectivity index is 1.36. The first-order valence-electron chi connectivity index (χ1n) is 26.6. The molecule has 0 spiro atoms. The van der Waals surface area contributed by atoms with Gasteiger partial charge in [-0.2, -0.15) is 0 Å². The first kappa shape index (κ1) is 48.6. The Morgan fingerprint density at radius 2 is 1.00 bits per heavy atom. The minimum Gasteiger partial charge on any atom is -0.311 e. The molecule has 362 valence electrons. The van der Waals surface area contributed by atoms with E-state index >= 15 is 0 Å². The fraction of sp³-hybridized carbons (Fsp3) is 0.424. The first-order valence-corrected chi connectivity index (χ1v) is 27.4. The smallest absolute Gasteiger partial charge is 0.264 e. The first-order chi connectivity index (χ1) is 32.7. The molecule has 1 fully saturated rings. The van der Waals surface area contributed by atoms with E-state index in [9.17, 15) is 0 Å². The molecule has 70 heavy (non-hydrogen) atoms. The van der Waals surface area contributed by atoms with Crippen molar-refractivity contribution in [2.45, 2.75) is 183 Å². The molecule has 10 rings (SSSR count). The Hall–Kier alpha value is -5.06. The van der Waals surface area contributed by atoms with Crippen molar-refractivity contribution in [3.8, 4) is 11.1 Å². The number of aryl methyl sites for hydroxylation is 2. The number of hydrogen-bond acceptors (Lipinski definition) is 3. The minimum atomic E-state index is -0.123. The summed E-state index contributed by atoms with van der Waals surface area (Å²) in [6.07, 6.45) is 6.60. The van der Waals surface area contributed by atoms with Gasteiger partial charge in [0.2, 0.25) is 0 Å². The Bertz CT molecular complexity index is 3140. The third-order valence-corrected chi connectivity index (χ3v) is 17.5. The molecule has 0 unspecified atom stereocenters. The van der Waals surface area contributed by atoms with E-state index in [1.54, 1.807) is 0 Å². The third kappa shape index (κ3) is 8.36. The summed E-state index contributed by atoms with van der Waals surface area (Å²) >= 11 is 2.04. The van der Waals surface area contributed by atoms with Crippen LogP contribution in [-0.4, -0.2) is 6.71 Å². The van der Waals surface area contributed by atoms with E-state index in [4.69, 9.17) is 0 Å². The van der Waals surface area contributed by atoms with E-state index < -0.39 is 0 Å². The molecule has 0 saturated heterocycles. The van der Waals surface area contributed by atoms with E-state index in [0.717, 1.165) is 0 Å².